The Hall–Kier alpha value is -2.29. The summed E-state index contributed by atoms with van der Waals surface area (Å²) < 4.78 is 6.18. The van der Waals surface area contributed by atoms with E-state index in [2.05, 4.69) is 59.8 Å². The van der Waals surface area contributed by atoms with Gasteiger partial charge in [-0.25, -0.2) is 0 Å². The predicted molar refractivity (Wildman–Crippen MR) is 125 cm³/mol. The van der Waals surface area contributed by atoms with Crippen LogP contribution in [-0.2, 0) is 11.2 Å². The first kappa shape index (κ1) is 24.0. The molecule has 0 aromatic heterocycles. The maximum atomic E-state index is 11.4. The number of carbonyl (C=O) groups excluding carboxylic acids is 1. The number of hydrogen-bond acceptors (Lipinski definition) is 3. The summed E-state index contributed by atoms with van der Waals surface area (Å²) in [5, 5.41) is 10.6. The zero-order valence-electron chi connectivity index (χ0n) is 20.2. The largest absolute Gasteiger partial charge is 0.507 e. The van der Waals surface area contributed by atoms with Gasteiger partial charge in [-0.3, -0.25) is 4.79 Å². The SMILES string of the molecule is C/C(=C\Cc1c(C)c(C)c(C)c(C=O)c1O)CC/C=C(\C)C1=CC(C)(C)C(C)(C)O1. The van der Waals surface area contributed by atoms with E-state index in [4.69, 9.17) is 4.74 Å². The number of aromatic hydroxyl groups is 1. The van der Waals surface area contributed by atoms with Crippen molar-refractivity contribution in [3.05, 3.63) is 63.0 Å². The Kier molecular flexibility index (Phi) is 7.06. The molecule has 0 saturated heterocycles. The van der Waals surface area contributed by atoms with E-state index in [1.807, 2.05) is 20.8 Å². The van der Waals surface area contributed by atoms with Crippen molar-refractivity contribution in [2.24, 2.45) is 5.41 Å². The molecule has 1 aliphatic heterocycles. The molecule has 30 heavy (non-hydrogen) atoms. The Morgan fingerprint density at radius 3 is 2.20 bits per heavy atom. The third-order valence-electron chi connectivity index (χ3n) is 7.08. The van der Waals surface area contributed by atoms with E-state index in [-0.39, 0.29) is 16.8 Å². The molecule has 0 atom stereocenters. The quantitative estimate of drug-likeness (QED) is 0.386. The van der Waals surface area contributed by atoms with Crippen molar-refractivity contribution < 1.29 is 14.6 Å². The summed E-state index contributed by atoms with van der Waals surface area (Å²) in [6, 6.07) is 0. The van der Waals surface area contributed by atoms with Crippen molar-refractivity contribution in [3.63, 3.8) is 0 Å². The lowest BCUT2D eigenvalue weighted by Gasteiger charge is -2.33. The molecule has 0 amide bonds. The lowest BCUT2D eigenvalue weighted by molar-refractivity contribution is -0.00366. The van der Waals surface area contributed by atoms with Crippen LogP contribution in [0.1, 0.15) is 87.0 Å². The number of carbonyl (C=O) groups is 1. The van der Waals surface area contributed by atoms with E-state index >= 15 is 0 Å². The molecule has 0 saturated carbocycles. The van der Waals surface area contributed by atoms with Crippen molar-refractivity contribution in [2.45, 2.75) is 87.2 Å². The molecular weight excluding hydrogens is 372 g/mol. The zero-order valence-corrected chi connectivity index (χ0v) is 20.2. The summed E-state index contributed by atoms with van der Waals surface area (Å²) in [6.45, 7) is 18.8. The molecule has 0 spiro atoms. The van der Waals surface area contributed by atoms with Crippen LogP contribution in [0.2, 0.25) is 0 Å². The number of rotatable bonds is 7. The summed E-state index contributed by atoms with van der Waals surface area (Å²) in [5.74, 6) is 1.12. The number of phenols is 1. The first-order valence-corrected chi connectivity index (χ1v) is 10.8. The second-order valence-corrected chi connectivity index (χ2v) is 9.76. The van der Waals surface area contributed by atoms with Gasteiger partial charge in [0, 0.05) is 11.0 Å². The molecule has 1 aromatic carbocycles. The van der Waals surface area contributed by atoms with Gasteiger partial charge in [-0.2, -0.15) is 0 Å². The molecule has 164 valence electrons. The van der Waals surface area contributed by atoms with E-state index < -0.39 is 0 Å². The van der Waals surface area contributed by atoms with Gasteiger partial charge in [0.2, 0.25) is 0 Å². The summed E-state index contributed by atoms with van der Waals surface area (Å²) >= 11 is 0. The molecule has 1 aliphatic rings. The Bertz CT molecular complexity index is 924. The maximum Gasteiger partial charge on any atom is 0.154 e. The van der Waals surface area contributed by atoms with Crippen LogP contribution in [-0.4, -0.2) is 17.0 Å². The van der Waals surface area contributed by atoms with Crippen LogP contribution in [0.3, 0.4) is 0 Å². The van der Waals surface area contributed by atoms with Crippen LogP contribution >= 0.6 is 0 Å². The summed E-state index contributed by atoms with van der Waals surface area (Å²) in [4.78, 5) is 11.4. The molecule has 1 N–H and O–H groups in total. The van der Waals surface area contributed by atoms with Gasteiger partial charge in [0.05, 0.1) is 5.56 Å². The molecule has 0 fully saturated rings. The van der Waals surface area contributed by atoms with Crippen molar-refractivity contribution in [2.75, 3.05) is 0 Å². The molecule has 0 bridgehead atoms. The summed E-state index contributed by atoms with van der Waals surface area (Å²) in [7, 11) is 0. The highest BCUT2D eigenvalue weighted by molar-refractivity contribution is 5.83. The van der Waals surface area contributed by atoms with Crippen molar-refractivity contribution in [1.29, 1.82) is 0 Å². The molecule has 0 radical (unpaired) electrons. The number of ether oxygens (including phenoxy) is 1. The highest BCUT2D eigenvalue weighted by Crippen LogP contribution is 2.45. The second-order valence-electron chi connectivity index (χ2n) is 9.76. The topological polar surface area (TPSA) is 46.5 Å². The maximum absolute atomic E-state index is 11.4. The van der Waals surface area contributed by atoms with E-state index in [1.54, 1.807) is 0 Å². The first-order chi connectivity index (χ1) is 13.8. The van der Waals surface area contributed by atoms with E-state index in [1.165, 1.54) is 11.1 Å². The lowest BCUT2D eigenvalue weighted by Crippen LogP contribution is -2.35. The Balaban J connectivity index is 2.07. The fraction of sp³-hybridized carbons (Fsp3) is 0.519. The number of aldehydes is 1. The number of allylic oxidation sites excluding steroid dienone is 4. The normalized spacial score (nSPS) is 18.2. The minimum atomic E-state index is -0.195. The van der Waals surface area contributed by atoms with E-state index in [0.717, 1.165) is 47.1 Å². The predicted octanol–water partition coefficient (Wildman–Crippen LogP) is 7.06. The smallest absolute Gasteiger partial charge is 0.154 e. The third-order valence-corrected chi connectivity index (χ3v) is 7.08. The van der Waals surface area contributed by atoms with Crippen molar-refractivity contribution in [3.8, 4) is 5.75 Å². The van der Waals surface area contributed by atoms with E-state index in [0.29, 0.717) is 12.0 Å². The highest BCUT2D eigenvalue weighted by Gasteiger charge is 2.43. The summed E-state index contributed by atoms with van der Waals surface area (Å²) in [6.07, 6.45) is 9.90. The van der Waals surface area contributed by atoms with Crippen LogP contribution in [0.4, 0.5) is 0 Å². The van der Waals surface area contributed by atoms with Gasteiger partial charge < -0.3 is 9.84 Å². The molecule has 0 unspecified atom stereocenters. The number of benzene rings is 1. The lowest BCUT2D eigenvalue weighted by atomic mass is 9.78. The highest BCUT2D eigenvalue weighted by atomic mass is 16.5. The second kappa shape index (κ2) is 8.83. The Morgan fingerprint density at radius 2 is 1.67 bits per heavy atom. The minimum Gasteiger partial charge on any atom is -0.507 e. The molecule has 1 aromatic rings. The molecule has 2 rings (SSSR count). The average Bonchev–Trinajstić information content (AvgIpc) is 2.88. The van der Waals surface area contributed by atoms with Crippen LogP contribution in [0, 0.1) is 26.2 Å². The third kappa shape index (κ3) is 4.71. The number of hydrogen-bond donors (Lipinski definition) is 1. The van der Waals surface area contributed by atoms with Gasteiger partial charge in [-0.15, -0.1) is 0 Å². The van der Waals surface area contributed by atoms with Crippen LogP contribution in [0.15, 0.2) is 35.1 Å². The molecule has 3 heteroatoms. The van der Waals surface area contributed by atoms with Gasteiger partial charge in [0.1, 0.15) is 17.1 Å². The zero-order chi connectivity index (χ0) is 22.9. The van der Waals surface area contributed by atoms with Gasteiger partial charge in [-0.1, -0.05) is 31.6 Å². The summed E-state index contributed by atoms with van der Waals surface area (Å²) in [5.41, 5.74) is 6.52. The average molecular weight is 411 g/mol. The minimum absolute atomic E-state index is 0.0135. The van der Waals surface area contributed by atoms with E-state index in [9.17, 15) is 9.90 Å². The standard InChI is InChI=1S/C27H38O3/c1-17(11-10-12-18(2)24-15-26(6,7)27(8,9)30-24)13-14-22-20(4)19(3)21(5)23(16-28)25(22)29/h12-13,15-16,29H,10-11,14H2,1-9H3/b17-13+,18-12+. The molecule has 0 aliphatic carbocycles. The molecular formula is C27H38O3. The number of phenolic OH excluding ortho intramolecular Hbond substituents is 1. The van der Waals surface area contributed by atoms with Gasteiger partial charge in [0.15, 0.2) is 6.29 Å². The van der Waals surface area contributed by atoms with Gasteiger partial charge >= 0.3 is 0 Å². The monoisotopic (exact) mass is 410 g/mol. The van der Waals surface area contributed by atoms with Crippen LogP contribution in [0.25, 0.3) is 0 Å². The Labute approximate surface area is 182 Å². The van der Waals surface area contributed by atoms with Crippen LogP contribution < -0.4 is 0 Å². The van der Waals surface area contributed by atoms with Gasteiger partial charge in [0.25, 0.3) is 0 Å². The Morgan fingerprint density at radius 1 is 1.03 bits per heavy atom. The van der Waals surface area contributed by atoms with Crippen molar-refractivity contribution in [1.82, 2.24) is 0 Å². The van der Waals surface area contributed by atoms with Crippen molar-refractivity contribution >= 4 is 6.29 Å². The molecule has 1 heterocycles. The van der Waals surface area contributed by atoms with Gasteiger partial charge in [-0.05, 0) is 96.1 Å². The molecule has 3 nitrogen and oxygen atoms in total. The van der Waals surface area contributed by atoms with Crippen LogP contribution in [0.5, 0.6) is 5.75 Å². The fourth-order valence-corrected chi connectivity index (χ4v) is 3.75. The fourth-order valence-electron chi connectivity index (χ4n) is 3.75. The first-order valence-electron chi connectivity index (χ1n) is 10.8.